The highest BCUT2D eigenvalue weighted by Gasteiger charge is 2.45. The van der Waals surface area contributed by atoms with Crippen LogP contribution in [-0.4, -0.2) is 14.0 Å². The van der Waals surface area contributed by atoms with Crippen molar-refractivity contribution in [3.05, 3.63) is 29.8 Å². The molecule has 1 aliphatic carbocycles. The number of nitriles is 1. The number of nitrogens with zero attached hydrogens (tertiary/aromatic N) is 1. The van der Waals surface area contributed by atoms with Gasteiger partial charge in [-0.1, -0.05) is 6.07 Å². The minimum Gasteiger partial charge on any atom is -0.207 e. The standard InChI is InChI=1S/C12H12F2N2O2S/c1-12(7-15,8-5-6-8)16-19(17,18)11-9(13)3-2-4-10(11)14/h2-4,8,16H,5-6H2,1H3/t12-/m0/s1. The molecule has 0 amide bonds. The molecule has 0 heterocycles. The molecule has 4 nitrogen and oxygen atoms in total. The molecule has 2 rings (SSSR count). The highest BCUT2D eigenvalue weighted by atomic mass is 32.2. The lowest BCUT2D eigenvalue weighted by Gasteiger charge is -2.22. The van der Waals surface area contributed by atoms with Gasteiger partial charge in [-0.25, -0.2) is 17.2 Å². The molecular weight excluding hydrogens is 274 g/mol. The van der Waals surface area contributed by atoms with Crippen LogP contribution in [0.2, 0.25) is 0 Å². The van der Waals surface area contributed by atoms with Crippen LogP contribution in [0.3, 0.4) is 0 Å². The van der Waals surface area contributed by atoms with E-state index in [9.17, 15) is 17.2 Å². The molecule has 102 valence electrons. The van der Waals surface area contributed by atoms with E-state index in [1.54, 1.807) is 0 Å². The second-order valence-electron chi connectivity index (χ2n) is 4.74. The van der Waals surface area contributed by atoms with Crippen LogP contribution in [-0.2, 0) is 10.0 Å². The number of sulfonamides is 1. The quantitative estimate of drug-likeness (QED) is 0.919. The van der Waals surface area contributed by atoms with Crippen LogP contribution in [0.25, 0.3) is 0 Å². The summed E-state index contributed by atoms with van der Waals surface area (Å²) in [6.07, 6.45) is 1.43. The molecule has 0 aliphatic heterocycles. The number of hydrogen-bond donors (Lipinski definition) is 1. The van der Waals surface area contributed by atoms with Gasteiger partial charge in [0.05, 0.1) is 6.07 Å². The smallest absolute Gasteiger partial charge is 0.207 e. The molecule has 7 heteroatoms. The maximum atomic E-state index is 13.5. The lowest BCUT2D eigenvalue weighted by molar-refractivity contribution is 0.450. The second-order valence-corrected chi connectivity index (χ2v) is 6.36. The van der Waals surface area contributed by atoms with Crippen LogP contribution >= 0.6 is 0 Å². The van der Waals surface area contributed by atoms with Crippen LogP contribution < -0.4 is 4.72 Å². The van der Waals surface area contributed by atoms with Crippen molar-refractivity contribution in [3.8, 4) is 6.07 Å². The lowest BCUT2D eigenvalue weighted by atomic mass is 10.0. The number of benzene rings is 1. The molecule has 1 atom stereocenters. The maximum absolute atomic E-state index is 13.5. The van der Waals surface area contributed by atoms with Gasteiger partial charge in [0.1, 0.15) is 17.2 Å². The van der Waals surface area contributed by atoms with Crippen LogP contribution in [0.15, 0.2) is 23.1 Å². The molecule has 1 aliphatic rings. The van der Waals surface area contributed by atoms with Gasteiger partial charge in [0.15, 0.2) is 4.90 Å². The first-order valence-electron chi connectivity index (χ1n) is 5.69. The molecule has 1 saturated carbocycles. The van der Waals surface area contributed by atoms with Crippen molar-refractivity contribution in [3.63, 3.8) is 0 Å². The van der Waals surface area contributed by atoms with Gasteiger partial charge in [0.25, 0.3) is 0 Å². The summed E-state index contributed by atoms with van der Waals surface area (Å²) in [7, 11) is -4.42. The fourth-order valence-electron chi connectivity index (χ4n) is 1.93. The molecule has 0 spiro atoms. The van der Waals surface area contributed by atoms with Crippen LogP contribution in [0, 0.1) is 28.9 Å². The third-order valence-electron chi connectivity index (χ3n) is 3.16. The van der Waals surface area contributed by atoms with Crippen molar-refractivity contribution in [1.82, 2.24) is 4.72 Å². The Bertz CT molecular complexity index is 630. The van der Waals surface area contributed by atoms with Gasteiger partial charge in [-0.3, -0.25) is 0 Å². The molecule has 0 bridgehead atoms. The van der Waals surface area contributed by atoms with Crippen LogP contribution in [0.1, 0.15) is 19.8 Å². The zero-order valence-electron chi connectivity index (χ0n) is 10.2. The summed E-state index contributed by atoms with van der Waals surface area (Å²) in [5.74, 6) is -2.48. The number of halogens is 2. The maximum Gasteiger partial charge on any atom is 0.247 e. The summed E-state index contributed by atoms with van der Waals surface area (Å²) in [4.78, 5) is -1.04. The Morgan fingerprint density at radius 2 is 1.89 bits per heavy atom. The summed E-state index contributed by atoms with van der Waals surface area (Å²) in [6.45, 7) is 1.42. The average molecular weight is 286 g/mol. The second kappa shape index (κ2) is 4.54. The van der Waals surface area contributed by atoms with E-state index in [2.05, 4.69) is 4.72 Å². The average Bonchev–Trinajstić information content (AvgIpc) is 3.11. The first-order chi connectivity index (χ1) is 8.80. The molecule has 0 unspecified atom stereocenters. The first kappa shape index (κ1) is 13.9. The van der Waals surface area contributed by atoms with Gasteiger partial charge < -0.3 is 0 Å². The fraction of sp³-hybridized carbons (Fsp3) is 0.417. The third-order valence-corrected chi connectivity index (χ3v) is 4.78. The van der Waals surface area contributed by atoms with Crippen molar-refractivity contribution in [2.75, 3.05) is 0 Å². The van der Waals surface area contributed by atoms with Gasteiger partial charge >= 0.3 is 0 Å². The van der Waals surface area contributed by atoms with E-state index in [4.69, 9.17) is 5.26 Å². The Labute approximate surface area is 110 Å². The molecule has 0 saturated heterocycles. The zero-order chi connectivity index (χ0) is 14.3. The topological polar surface area (TPSA) is 70.0 Å². The van der Waals surface area contributed by atoms with Gasteiger partial charge in [0.2, 0.25) is 10.0 Å². The molecule has 1 fully saturated rings. The minimum atomic E-state index is -4.42. The summed E-state index contributed by atoms with van der Waals surface area (Å²) < 4.78 is 53.2. The largest absolute Gasteiger partial charge is 0.247 e. The van der Waals surface area contributed by atoms with E-state index in [0.29, 0.717) is 12.8 Å². The Hall–Kier alpha value is -1.52. The molecule has 1 aromatic carbocycles. The van der Waals surface area contributed by atoms with E-state index in [-0.39, 0.29) is 5.92 Å². The fourth-order valence-corrected chi connectivity index (χ4v) is 3.45. The van der Waals surface area contributed by atoms with Gasteiger partial charge in [0, 0.05) is 0 Å². The molecule has 19 heavy (non-hydrogen) atoms. The summed E-state index contributed by atoms with van der Waals surface area (Å²) in [5.41, 5.74) is -1.34. The van der Waals surface area contributed by atoms with Crippen LogP contribution in [0.5, 0.6) is 0 Å². The SMILES string of the molecule is C[C@@](C#N)(NS(=O)(=O)c1c(F)cccc1F)C1CC1. The van der Waals surface area contributed by atoms with Crippen LogP contribution in [0.4, 0.5) is 8.78 Å². The summed E-state index contributed by atoms with van der Waals surface area (Å²) in [5, 5.41) is 9.08. The number of rotatable bonds is 4. The molecule has 1 N–H and O–H groups in total. The monoisotopic (exact) mass is 286 g/mol. The molecule has 1 aromatic rings. The minimum absolute atomic E-state index is 0.123. The van der Waals surface area contributed by atoms with E-state index in [1.807, 2.05) is 6.07 Å². The number of nitrogens with one attached hydrogen (secondary N) is 1. The Balaban J connectivity index is 2.41. The van der Waals surface area contributed by atoms with Crippen molar-refractivity contribution in [2.45, 2.75) is 30.2 Å². The summed E-state index contributed by atoms with van der Waals surface area (Å²) >= 11 is 0. The molecule has 0 radical (unpaired) electrons. The first-order valence-corrected chi connectivity index (χ1v) is 7.18. The molecule has 0 aromatic heterocycles. The highest BCUT2D eigenvalue weighted by molar-refractivity contribution is 7.89. The predicted octanol–water partition coefficient (Wildman–Crippen LogP) is 1.94. The van der Waals surface area contributed by atoms with Crippen molar-refractivity contribution in [2.24, 2.45) is 5.92 Å². The highest BCUT2D eigenvalue weighted by Crippen LogP contribution is 2.40. The van der Waals surface area contributed by atoms with E-state index in [1.165, 1.54) is 6.92 Å². The van der Waals surface area contributed by atoms with E-state index >= 15 is 0 Å². The zero-order valence-corrected chi connectivity index (χ0v) is 11.0. The van der Waals surface area contributed by atoms with Gasteiger partial charge in [-0.05, 0) is 37.8 Å². The van der Waals surface area contributed by atoms with Crippen molar-refractivity contribution >= 4 is 10.0 Å². The normalized spacial score (nSPS) is 18.6. The van der Waals surface area contributed by atoms with Gasteiger partial charge in [-0.15, -0.1) is 0 Å². The predicted molar refractivity (Wildman–Crippen MR) is 63.4 cm³/mol. The number of hydrogen-bond acceptors (Lipinski definition) is 3. The Morgan fingerprint density at radius 3 is 2.32 bits per heavy atom. The summed E-state index contributed by atoms with van der Waals surface area (Å²) in [6, 6.07) is 4.67. The third kappa shape index (κ3) is 2.60. The van der Waals surface area contributed by atoms with Crippen molar-refractivity contribution < 1.29 is 17.2 Å². The Morgan fingerprint density at radius 1 is 1.37 bits per heavy atom. The van der Waals surface area contributed by atoms with Gasteiger partial charge in [-0.2, -0.15) is 9.98 Å². The Kier molecular flexibility index (Phi) is 3.32. The lowest BCUT2D eigenvalue weighted by Crippen LogP contribution is -2.47. The van der Waals surface area contributed by atoms with Crippen molar-refractivity contribution in [1.29, 1.82) is 5.26 Å². The van der Waals surface area contributed by atoms with E-state index < -0.39 is 32.1 Å². The molecular formula is C12H12F2N2O2S. The van der Waals surface area contributed by atoms with E-state index in [0.717, 1.165) is 18.2 Å².